The van der Waals surface area contributed by atoms with Crippen LogP contribution in [-0.2, 0) is 0 Å². The monoisotopic (exact) mass is 294 g/mol. The second-order valence-corrected chi connectivity index (χ2v) is 8.59. The molecule has 1 saturated heterocycles. The van der Waals surface area contributed by atoms with Crippen LogP contribution >= 0.6 is 0 Å². The fourth-order valence-electron chi connectivity index (χ4n) is 4.69. The van der Waals surface area contributed by atoms with E-state index in [4.69, 9.17) is 0 Å². The molecule has 2 rings (SSSR count). The van der Waals surface area contributed by atoms with E-state index < -0.39 is 0 Å². The summed E-state index contributed by atoms with van der Waals surface area (Å²) >= 11 is 0. The van der Waals surface area contributed by atoms with Crippen molar-refractivity contribution in [3.63, 3.8) is 0 Å². The minimum atomic E-state index is 0.539. The molecule has 0 amide bonds. The van der Waals surface area contributed by atoms with Gasteiger partial charge < -0.3 is 10.2 Å². The van der Waals surface area contributed by atoms with Gasteiger partial charge in [0.05, 0.1) is 0 Å². The molecule has 1 N–H and O–H groups in total. The van der Waals surface area contributed by atoms with Gasteiger partial charge in [-0.3, -0.25) is 0 Å². The zero-order chi connectivity index (χ0) is 15.3. The Hall–Kier alpha value is -0.0800. The number of likely N-dealkylation sites (tertiary alicyclic amines) is 1. The predicted molar refractivity (Wildman–Crippen MR) is 92.7 cm³/mol. The van der Waals surface area contributed by atoms with Crippen molar-refractivity contribution >= 4 is 0 Å². The third-order valence-corrected chi connectivity index (χ3v) is 5.55. The fraction of sp³-hybridized carbons (Fsp3) is 1.00. The van der Waals surface area contributed by atoms with Gasteiger partial charge in [0.1, 0.15) is 0 Å². The molecule has 2 aliphatic rings. The average Bonchev–Trinajstić information content (AvgIpc) is 2.61. The quantitative estimate of drug-likeness (QED) is 0.760. The first-order valence-corrected chi connectivity index (χ1v) is 9.45. The van der Waals surface area contributed by atoms with Crippen molar-refractivity contribution in [2.24, 2.45) is 17.3 Å². The van der Waals surface area contributed by atoms with Crippen molar-refractivity contribution in [3.8, 4) is 0 Å². The third-order valence-electron chi connectivity index (χ3n) is 5.55. The number of rotatable bonds is 5. The molecule has 2 heteroatoms. The first kappa shape index (κ1) is 17.3. The van der Waals surface area contributed by atoms with Crippen molar-refractivity contribution in [1.29, 1.82) is 0 Å². The van der Waals surface area contributed by atoms with Crippen LogP contribution in [0.2, 0.25) is 0 Å². The summed E-state index contributed by atoms with van der Waals surface area (Å²) in [5, 5.41) is 3.77. The summed E-state index contributed by atoms with van der Waals surface area (Å²) in [6.07, 6.45) is 10.1. The van der Waals surface area contributed by atoms with Crippen LogP contribution in [0, 0.1) is 17.3 Å². The van der Waals surface area contributed by atoms with Crippen LogP contribution in [0.3, 0.4) is 0 Å². The Morgan fingerprint density at radius 2 is 1.57 bits per heavy atom. The van der Waals surface area contributed by atoms with Gasteiger partial charge in [0.25, 0.3) is 0 Å². The van der Waals surface area contributed by atoms with Crippen LogP contribution in [0.1, 0.15) is 72.6 Å². The summed E-state index contributed by atoms with van der Waals surface area (Å²) in [4.78, 5) is 2.80. The highest BCUT2D eigenvalue weighted by Gasteiger charge is 2.34. The number of hydrogen-bond acceptors (Lipinski definition) is 2. The molecule has 0 aromatic carbocycles. The SMILES string of the molecule is CC1CC(C)CN(CC2(CNC(C)C)CCCCCC2)C1. The Labute approximate surface area is 133 Å². The normalized spacial score (nSPS) is 31.3. The summed E-state index contributed by atoms with van der Waals surface area (Å²) in [5.74, 6) is 1.77. The Morgan fingerprint density at radius 3 is 2.10 bits per heavy atom. The number of nitrogens with one attached hydrogen (secondary N) is 1. The van der Waals surface area contributed by atoms with E-state index in [-0.39, 0.29) is 0 Å². The lowest BCUT2D eigenvalue weighted by Gasteiger charge is -2.43. The number of hydrogen-bond donors (Lipinski definition) is 1. The maximum absolute atomic E-state index is 3.77. The largest absolute Gasteiger partial charge is 0.314 e. The number of nitrogens with zero attached hydrogens (tertiary/aromatic N) is 1. The Balaban J connectivity index is 2.00. The van der Waals surface area contributed by atoms with E-state index in [1.807, 2.05) is 0 Å². The molecule has 0 spiro atoms. The minimum Gasteiger partial charge on any atom is -0.314 e. The van der Waals surface area contributed by atoms with E-state index in [0.29, 0.717) is 11.5 Å². The molecular formula is C19H38N2. The van der Waals surface area contributed by atoms with Crippen molar-refractivity contribution in [2.75, 3.05) is 26.2 Å². The topological polar surface area (TPSA) is 15.3 Å². The molecule has 2 unspecified atom stereocenters. The van der Waals surface area contributed by atoms with Crippen molar-refractivity contribution in [2.45, 2.75) is 78.7 Å². The van der Waals surface area contributed by atoms with E-state index >= 15 is 0 Å². The summed E-state index contributed by atoms with van der Waals surface area (Å²) in [5.41, 5.74) is 0.539. The van der Waals surface area contributed by atoms with Gasteiger partial charge in [-0.25, -0.2) is 0 Å². The molecule has 1 heterocycles. The van der Waals surface area contributed by atoms with Gasteiger partial charge in [0.2, 0.25) is 0 Å². The first-order valence-electron chi connectivity index (χ1n) is 9.45. The molecule has 1 aliphatic carbocycles. The van der Waals surface area contributed by atoms with Crippen LogP contribution in [0.25, 0.3) is 0 Å². The van der Waals surface area contributed by atoms with Crippen LogP contribution in [0.4, 0.5) is 0 Å². The van der Waals surface area contributed by atoms with Crippen LogP contribution in [0.5, 0.6) is 0 Å². The molecule has 124 valence electrons. The van der Waals surface area contributed by atoms with Gasteiger partial charge in [-0.05, 0) is 36.5 Å². The van der Waals surface area contributed by atoms with Gasteiger partial charge in [-0.1, -0.05) is 53.4 Å². The Morgan fingerprint density at radius 1 is 1.00 bits per heavy atom. The maximum atomic E-state index is 3.77. The predicted octanol–water partition coefficient (Wildman–Crippen LogP) is 4.30. The van der Waals surface area contributed by atoms with Gasteiger partial charge in [0, 0.05) is 32.2 Å². The minimum absolute atomic E-state index is 0.539. The molecule has 1 aliphatic heterocycles. The van der Waals surface area contributed by atoms with Crippen LogP contribution < -0.4 is 5.32 Å². The van der Waals surface area contributed by atoms with Gasteiger partial charge in [-0.15, -0.1) is 0 Å². The average molecular weight is 295 g/mol. The molecule has 2 nitrogen and oxygen atoms in total. The van der Waals surface area contributed by atoms with E-state index in [1.165, 1.54) is 71.1 Å². The first-order chi connectivity index (χ1) is 9.99. The lowest BCUT2D eigenvalue weighted by atomic mass is 9.78. The summed E-state index contributed by atoms with van der Waals surface area (Å²) < 4.78 is 0. The second-order valence-electron chi connectivity index (χ2n) is 8.59. The second kappa shape index (κ2) is 7.97. The smallest absolute Gasteiger partial charge is 0.00504 e. The zero-order valence-corrected chi connectivity index (χ0v) is 15.0. The fourth-order valence-corrected chi connectivity index (χ4v) is 4.69. The molecule has 0 bridgehead atoms. The zero-order valence-electron chi connectivity index (χ0n) is 15.0. The standard InChI is InChI=1S/C19H38N2/c1-16(2)20-14-19(9-7-5-6-8-10-19)15-21-12-17(3)11-18(4)13-21/h16-18,20H,5-15H2,1-4H3. The summed E-state index contributed by atoms with van der Waals surface area (Å²) in [6.45, 7) is 14.7. The molecule has 1 saturated carbocycles. The molecule has 0 radical (unpaired) electrons. The van der Waals surface area contributed by atoms with E-state index in [0.717, 1.165) is 11.8 Å². The lowest BCUT2D eigenvalue weighted by molar-refractivity contribution is 0.0705. The van der Waals surface area contributed by atoms with E-state index in [2.05, 4.69) is 37.9 Å². The molecular weight excluding hydrogens is 256 g/mol. The third kappa shape index (κ3) is 5.56. The summed E-state index contributed by atoms with van der Waals surface area (Å²) in [7, 11) is 0. The highest BCUT2D eigenvalue weighted by atomic mass is 15.1. The van der Waals surface area contributed by atoms with E-state index in [9.17, 15) is 0 Å². The van der Waals surface area contributed by atoms with Gasteiger partial charge in [0.15, 0.2) is 0 Å². The molecule has 2 fully saturated rings. The Bertz CT molecular complexity index is 282. The highest BCUT2D eigenvalue weighted by molar-refractivity contribution is 4.89. The number of piperidine rings is 1. The van der Waals surface area contributed by atoms with Crippen molar-refractivity contribution in [1.82, 2.24) is 10.2 Å². The molecule has 21 heavy (non-hydrogen) atoms. The van der Waals surface area contributed by atoms with Crippen LogP contribution in [-0.4, -0.2) is 37.1 Å². The highest BCUT2D eigenvalue weighted by Crippen LogP contribution is 2.37. The Kier molecular flexibility index (Phi) is 6.55. The molecule has 0 aromatic rings. The molecule has 2 atom stereocenters. The van der Waals surface area contributed by atoms with Crippen molar-refractivity contribution in [3.05, 3.63) is 0 Å². The van der Waals surface area contributed by atoms with Crippen LogP contribution in [0.15, 0.2) is 0 Å². The lowest BCUT2D eigenvalue weighted by Crippen LogP contribution is -2.49. The van der Waals surface area contributed by atoms with E-state index in [1.54, 1.807) is 0 Å². The van der Waals surface area contributed by atoms with Gasteiger partial charge >= 0.3 is 0 Å². The molecule has 0 aromatic heterocycles. The maximum Gasteiger partial charge on any atom is 0.00504 e. The van der Waals surface area contributed by atoms with Crippen molar-refractivity contribution < 1.29 is 0 Å². The van der Waals surface area contributed by atoms with Gasteiger partial charge in [-0.2, -0.15) is 0 Å². The summed E-state index contributed by atoms with van der Waals surface area (Å²) in [6, 6.07) is 0.615.